The zero-order valence-electron chi connectivity index (χ0n) is 16.0. The van der Waals surface area contributed by atoms with Crippen molar-refractivity contribution >= 4 is 5.71 Å². The topological polar surface area (TPSA) is 99.7 Å². The van der Waals surface area contributed by atoms with Crippen LogP contribution in [-0.4, -0.2) is 25.8 Å². The Morgan fingerprint density at radius 3 is 2.30 bits per heavy atom. The Kier molecular flexibility index (Phi) is 4.88. The Morgan fingerprint density at radius 2 is 1.78 bits per heavy atom. The van der Waals surface area contributed by atoms with Crippen molar-refractivity contribution < 1.29 is 4.90 Å². The molecule has 1 aromatic carbocycles. The summed E-state index contributed by atoms with van der Waals surface area (Å²) in [6.07, 6.45) is 2.04. The minimum Gasteiger partial charge on any atom is -0.334 e. The van der Waals surface area contributed by atoms with Gasteiger partial charge < -0.3 is 10.3 Å². The average molecular weight is 358 g/mol. The molecule has 1 aromatic rings. The van der Waals surface area contributed by atoms with E-state index >= 15 is 0 Å². The van der Waals surface area contributed by atoms with Crippen LogP contribution in [0.3, 0.4) is 0 Å². The van der Waals surface area contributed by atoms with Gasteiger partial charge in [-0.1, -0.05) is 38.1 Å². The Morgan fingerprint density at radius 1 is 1.15 bits per heavy atom. The van der Waals surface area contributed by atoms with Gasteiger partial charge in [-0.25, -0.2) is 0 Å². The first-order valence-corrected chi connectivity index (χ1v) is 9.31. The quantitative estimate of drug-likeness (QED) is 0.792. The summed E-state index contributed by atoms with van der Waals surface area (Å²) >= 11 is 0. The number of quaternary nitrogens is 1. The van der Waals surface area contributed by atoms with E-state index in [1.54, 1.807) is 0 Å². The smallest absolute Gasteiger partial charge is 0.189 e. The largest absolute Gasteiger partial charge is 0.334 e. The predicted molar refractivity (Wildman–Crippen MR) is 102 cm³/mol. The Bertz CT molecular complexity index is 890. The fraction of sp³-hybridized carbons (Fsp3) is 0.455. The SMILES string of the molecule is CC(C)c1ccc([C@@H]2[C@H]3C[NH+](C)CC=C3[C@H](C#N)C(=N)C2(C#N)C#N)cc1. The summed E-state index contributed by atoms with van der Waals surface area (Å²) in [5.74, 6) is -0.924. The average Bonchev–Trinajstić information content (AvgIpc) is 2.67. The van der Waals surface area contributed by atoms with Crippen molar-refractivity contribution in [3.8, 4) is 18.2 Å². The van der Waals surface area contributed by atoms with Gasteiger partial charge in [0.25, 0.3) is 0 Å². The zero-order valence-corrected chi connectivity index (χ0v) is 16.0. The van der Waals surface area contributed by atoms with E-state index in [1.807, 2.05) is 30.3 Å². The van der Waals surface area contributed by atoms with Crippen molar-refractivity contribution in [1.29, 1.82) is 21.2 Å². The van der Waals surface area contributed by atoms with Gasteiger partial charge in [0.2, 0.25) is 0 Å². The van der Waals surface area contributed by atoms with Crippen LogP contribution in [0, 0.1) is 56.7 Å². The molecule has 0 radical (unpaired) electrons. The van der Waals surface area contributed by atoms with Gasteiger partial charge in [-0.2, -0.15) is 15.8 Å². The number of nitrogens with one attached hydrogen (secondary N) is 2. The van der Waals surface area contributed by atoms with Crippen LogP contribution in [0.25, 0.3) is 0 Å². The van der Waals surface area contributed by atoms with Gasteiger partial charge in [0.15, 0.2) is 5.41 Å². The molecule has 0 aromatic heterocycles. The molecule has 1 unspecified atom stereocenters. The lowest BCUT2D eigenvalue weighted by atomic mass is 9.54. The molecule has 0 bridgehead atoms. The highest BCUT2D eigenvalue weighted by Gasteiger charge is 2.58. The van der Waals surface area contributed by atoms with Crippen molar-refractivity contribution in [3.05, 3.63) is 47.0 Å². The van der Waals surface area contributed by atoms with E-state index in [0.29, 0.717) is 5.92 Å². The van der Waals surface area contributed by atoms with E-state index in [1.165, 1.54) is 10.5 Å². The van der Waals surface area contributed by atoms with Gasteiger partial charge in [-0.3, -0.25) is 0 Å². The summed E-state index contributed by atoms with van der Waals surface area (Å²) < 4.78 is 0. The lowest BCUT2D eigenvalue weighted by molar-refractivity contribution is -0.878. The fourth-order valence-corrected chi connectivity index (χ4v) is 4.52. The second-order valence-corrected chi connectivity index (χ2v) is 7.98. The molecule has 4 atom stereocenters. The zero-order chi connectivity index (χ0) is 19.8. The van der Waals surface area contributed by atoms with Crippen LogP contribution in [0.2, 0.25) is 0 Å². The van der Waals surface area contributed by atoms with E-state index in [9.17, 15) is 15.8 Å². The Labute approximate surface area is 160 Å². The summed E-state index contributed by atoms with van der Waals surface area (Å²) in [4.78, 5) is 1.28. The lowest BCUT2D eigenvalue weighted by Gasteiger charge is -2.46. The maximum Gasteiger partial charge on any atom is 0.189 e. The Balaban J connectivity index is 2.21. The molecule has 3 rings (SSSR count). The molecule has 5 nitrogen and oxygen atoms in total. The fourth-order valence-electron chi connectivity index (χ4n) is 4.52. The normalized spacial score (nSPS) is 29.1. The number of hydrogen-bond acceptors (Lipinski definition) is 4. The number of rotatable bonds is 2. The number of nitrogens with zero attached hydrogens (tertiary/aromatic N) is 3. The van der Waals surface area contributed by atoms with Crippen LogP contribution >= 0.6 is 0 Å². The third kappa shape index (κ3) is 2.84. The molecule has 1 aliphatic carbocycles. The maximum absolute atomic E-state index is 10.0. The standard InChI is InChI=1S/C22H23N5/c1-14(2)15-4-6-16(7-5-15)20-19-11-27(3)9-8-17(19)18(10-23)21(26)22(20,12-24)13-25/h4-8,14,18-20,26H,9,11H2,1-3H3/p+1/t18-,19-,20+/m0/s1. The summed E-state index contributed by atoms with van der Waals surface area (Å²) in [5, 5.41) is 38.3. The molecule has 0 spiro atoms. The van der Waals surface area contributed by atoms with E-state index in [0.717, 1.165) is 24.2 Å². The number of fused-ring (bicyclic) bond motifs is 1. The molecule has 1 heterocycles. The minimum atomic E-state index is -1.61. The van der Waals surface area contributed by atoms with Gasteiger partial charge in [-0.05, 0) is 28.7 Å². The lowest BCUT2D eigenvalue weighted by Crippen LogP contribution is -3.10. The maximum atomic E-state index is 10.0. The first kappa shape index (κ1) is 18.8. The van der Waals surface area contributed by atoms with Crippen LogP contribution in [0.5, 0.6) is 0 Å². The molecule has 136 valence electrons. The molecule has 0 amide bonds. The summed E-state index contributed by atoms with van der Waals surface area (Å²) in [6.45, 7) is 5.79. The van der Waals surface area contributed by atoms with Crippen LogP contribution in [0.1, 0.15) is 36.8 Å². The minimum absolute atomic E-state index is 0.0741. The van der Waals surface area contributed by atoms with Gasteiger partial charge in [-0.15, -0.1) is 0 Å². The van der Waals surface area contributed by atoms with Gasteiger partial charge >= 0.3 is 0 Å². The monoisotopic (exact) mass is 358 g/mol. The highest BCUT2D eigenvalue weighted by molar-refractivity contribution is 6.00. The van der Waals surface area contributed by atoms with E-state index < -0.39 is 17.3 Å². The van der Waals surface area contributed by atoms with E-state index in [4.69, 9.17) is 5.41 Å². The van der Waals surface area contributed by atoms with Crippen molar-refractivity contribution in [3.63, 3.8) is 0 Å². The first-order chi connectivity index (χ1) is 12.9. The van der Waals surface area contributed by atoms with E-state index in [-0.39, 0.29) is 11.6 Å². The highest BCUT2D eigenvalue weighted by atomic mass is 15.1. The number of benzene rings is 1. The van der Waals surface area contributed by atoms with Crippen LogP contribution in [-0.2, 0) is 0 Å². The van der Waals surface area contributed by atoms with Crippen molar-refractivity contribution in [2.45, 2.75) is 25.7 Å². The molecule has 1 fully saturated rings. The predicted octanol–water partition coefficient (Wildman–Crippen LogP) is 2.17. The summed E-state index contributed by atoms with van der Waals surface area (Å²) in [7, 11) is 2.08. The van der Waals surface area contributed by atoms with Crippen LogP contribution in [0.15, 0.2) is 35.9 Å². The second-order valence-electron chi connectivity index (χ2n) is 7.98. The number of hydrogen-bond donors (Lipinski definition) is 2. The molecule has 1 aliphatic heterocycles. The third-order valence-electron chi connectivity index (χ3n) is 6.04. The van der Waals surface area contributed by atoms with Gasteiger partial charge in [0.1, 0.15) is 5.92 Å². The van der Waals surface area contributed by atoms with Crippen LogP contribution in [0.4, 0.5) is 0 Å². The number of nitriles is 3. The Hall–Kier alpha value is -2.94. The summed E-state index contributed by atoms with van der Waals surface area (Å²) in [6, 6.07) is 14.5. The van der Waals surface area contributed by atoms with E-state index in [2.05, 4.69) is 39.1 Å². The molecule has 2 N–H and O–H groups in total. The first-order valence-electron chi connectivity index (χ1n) is 9.31. The van der Waals surface area contributed by atoms with Crippen LogP contribution < -0.4 is 4.90 Å². The molecule has 0 saturated heterocycles. The molecule has 5 heteroatoms. The third-order valence-corrected chi connectivity index (χ3v) is 6.04. The highest BCUT2D eigenvalue weighted by Crippen LogP contribution is 2.52. The van der Waals surface area contributed by atoms with Crippen molar-refractivity contribution in [2.24, 2.45) is 17.3 Å². The molecule has 1 saturated carbocycles. The van der Waals surface area contributed by atoms with Crippen molar-refractivity contribution in [1.82, 2.24) is 0 Å². The van der Waals surface area contributed by atoms with Gasteiger partial charge in [0, 0.05) is 11.8 Å². The van der Waals surface area contributed by atoms with Crippen molar-refractivity contribution in [2.75, 3.05) is 20.1 Å². The number of likely N-dealkylation sites (N-methyl/N-ethyl adjacent to an activating group) is 1. The second kappa shape index (κ2) is 6.99. The summed E-state index contributed by atoms with van der Waals surface area (Å²) in [5.41, 5.74) is 1.32. The molecular formula is C22H24N5+. The molecular weight excluding hydrogens is 334 g/mol. The molecule has 27 heavy (non-hydrogen) atoms. The molecule has 2 aliphatic rings. The van der Waals surface area contributed by atoms with Gasteiger partial charge in [0.05, 0.1) is 44.1 Å².